The van der Waals surface area contributed by atoms with Gasteiger partial charge < -0.3 is 5.73 Å². The lowest BCUT2D eigenvalue weighted by atomic mass is 10.3. The van der Waals surface area contributed by atoms with E-state index in [1.54, 1.807) is 18.5 Å². The molecule has 1 aromatic rings. The van der Waals surface area contributed by atoms with Crippen LogP contribution in [0.1, 0.15) is 0 Å². The Kier molecular flexibility index (Phi) is 2.78. The average Bonchev–Trinajstić information content (AvgIpc) is 2.55. The van der Waals surface area contributed by atoms with Gasteiger partial charge in [-0.2, -0.15) is 5.10 Å². The lowest BCUT2D eigenvalue weighted by Gasteiger charge is -2.08. The minimum Gasteiger partial charge on any atom is -0.318 e. The second-order valence-electron chi connectivity index (χ2n) is 2.31. The van der Waals surface area contributed by atoms with Crippen LogP contribution in [-0.2, 0) is 11.3 Å². The molecule has 6 heteroatoms. The predicted octanol–water partition coefficient (Wildman–Crippen LogP) is -1.28. The van der Waals surface area contributed by atoms with Crippen molar-refractivity contribution in [2.45, 2.75) is 12.6 Å². The number of hydroxylamine groups is 1. The van der Waals surface area contributed by atoms with E-state index in [-0.39, 0.29) is 6.54 Å². The molecule has 1 rings (SSSR count). The Morgan fingerprint density at radius 2 is 2.58 bits per heavy atom. The normalized spacial score (nSPS) is 12.5. The van der Waals surface area contributed by atoms with Gasteiger partial charge in [0.05, 0.1) is 6.54 Å². The first-order valence-electron chi connectivity index (χ1n) is 3.41. The molecule has 0 aliphatic rings. The van der Waals surface area contributed by atoms with Gasteiger partial charge in [-0.15, -0.1) is 0 Å². The number of hydrogen-bond acceptors (Lipinski definition) is 4. The van der Waals surface area contributed by atoms with Crippen molar-refractivity contribution in [3.05, 3.63) is 18.5 Å². The summed E-state index contributed by atoms with van der Waals surface area (Å²) in [6, 6.07) is 0.943. The number of rotatable bonds is 3. The van der Waals surface area contributed by atoms with E-state index in [9.17, 15) is 4.79 Å². The van der Waals surface area contributed by atoms with Crippen molar-refractivity contribution in [3.63, 3.8) is 0 Å². The molecule has 6 nitrogen and oxygen atoms in total. The van der Waals surface area contributed by atoms with Crippen LogP contribution in [0.25, 0.3) is 0 Å². The van der Waals surface area contributed by atoms with E-state index in [1.165, 1.54) is 10.2 Å². The largest absolute Gasteiger partial charge is 0.318 e. The summed E-state index contributed by atoms with van der Waals surface area (Å²) in [5.74, 6) is -0.620. The molecule has 12 heavy (non-hydrogen) atoms. The average molecular weight is 170 g/mol. The zero-order valence-corrected chi connectivity index (χ0v) is 6.34. The summed E-state index contributed by atoms with van der Waals surface area (Å²) >= 11 is 0. The zero-order valence-electron chi connectivity index (χ0n) is 6.34. The topological polar surface area (TPSA) is 93.2 Å². The number of carbonyl (C=O) groups excluding carboxylic acids is 1. The highest BCUT2D eigenvalue weighted by atomic mass is 16.5. The molecule has 4 N–H and O–H groups in total. The molecule has 66 valence electrons. The van der Waals surface area contributed by atoms with E-state index in [1.807, 2.05) is 0 Å². The van der Waals surface area contributed by atoms with Gasteiger partial charge in [-0.1, -0.05) is 0 Å². The third kappa shape index (κ3) is 2.04. The molecule has 1 amide bonds. The highest BCUT2D eigenvalue weighted by molar-refractivity contribution is 5.80. The molecule has 0 fully saturated rings. The SMILES string of the molecule is N[C@@H](Cn1cccn1)C(=O)NO. The van der Waals surface area contributed by atoms with Crippen LogP contribution < -0.4 is 11.2 Å². The van der Waals surface area contributed by atoms with Gasteiger partial charge >= 0.3 is 0 Å². The minimum absolute atomic E-state index is 0.249. The maximum absolute atomic E-state index is 10.7. The Bertz CT molecular complexity index is 246. The van der Waals surface area contributed by atoms with Crippen LogP contribution in [0.15, 0.2) is 18.5 Å². The molecule has 0 spiro atoms. The molecule has 0 saturated heterocycles. The quantitative estimate of drug-likeness (QED) is 0.389. The van der Waals surface area contributed by atoms with Gasteiger partial charge in [0.1, 0.15) is 6.04 Å². The van der Waals surface area contributed by atoms with Gasteiger partial charge in [-0.25, -0.2) is 5.48 Å². The van der Waals surface area contributed by atoms with E-state index >= 15 is 0 Å². The van der Waals surface area contributed by atoms with Crippen molar-refractivity contribution in [2.75, 3.05) is 0 Å². The fourth-order valence-corrected chi connectivity index (χ4v) is 0.776. The molecule has 0 unspecified atom stereocenters. The van der Waals surface area contributed by atoms with E-state index in [4.69, 9.17) is 10.9 Å². The Morgan fingerprint density at radius 1 is 1.83 bits per heavy atom. The van der Waals surface area contributed by atoms with Crippen molar-refractivity contribution in [2.24, 2.45) is 5.73 Å². The van der Waals surface area contributed by atoms with Gasteiger partial charge in [0.15, 0.2) is 0 Å². The summed E-state index contributed by atoms with van der Waals surface area (Å²) in [6.07, 6.45) is 3.27. The Labute approximate surface area is 68.9 Å². The van der Waals surface area contributed by atoms with E-state index in [0.29, 0.717) is 0 Å². The molecule has 0 aromatic carbocycles. The van der Waals surface area contributed by atoms with Crippen LogP contribution in [0.3, 0.4) is 0 Å². The minimum atomic E-state index is -0.782. The zero-order chi connectivity index (χ0) is 8.97. The lowest BCUT2D eigenvalue weighted by Crippen LogP contribution is -2.42. The van der Waals surface area contributed by atoms with Gasteiger partial charge in [0, 0.05) is 12.4 Å². The number of amides is 1. The van der Waals surface area contributed by atoms with Crippen molar-refractivity contribution in [1.29, 1.82) is 0 Å². The second kappa shape index (κ2) is 3.84. The first-order valence-corrected chi connectivity index (χ1v) is 3.41. The third-order valence-electron chi connectivity index (χ3n) is 1.39. The molecule has 0 bridgehead atoms. The van der Waals surface area contributed by atoms with Crippen LogP contribution in [-0.4, -0.2) is 26.9 Å². The fraction of sp³-hybridized carbons (Fsp3) is 0.333. The fourth-order valence-electron chi connectivity index (χ4n) is 0.776. The highest BCUT2D eigenvalue weighted by Gasteiger charge is 2.12. The summed E-state index contributed by atoms with van der Waals surface area (Å²) in [5, 5.41) is 12.1. The molecule has 1 heterocycles. The summed E-state index contributed by atoms with van der Waals surface area (Å²) in [6.45, 7) is 0.249. The van der Waals surface area contributed by atoms with Crippen LogP contribution in [0.4, 0.5) is 0 Å². The van der Waals surface area contributed by atoms with Gasteiger partial charge in [0.25, 0.3) is 5.91 Å². The Hall–Kier alpha value is -1.40. The first-order chi connectivity index (χ1) is 5.74. The van der Waals surface area contributed by atoms with Gasteiger partial charge in [0.2, 0.25) is 0 Å². The number of nitrogens with zero attached hydrogens (tertiary/aromatic N) is 2. The molecule has 0 aliphatic heterocycles. The molecule has 1 atom stereocenters. The second-order valence-corrected chi connectivity index (χ2v) is 2.31. The van der Waals surface area contributed by atoms with Crippen LogP contribution >= 0.6 is 0 Å². The summed E-state index contributed by atoms with van der Waals surface area (Å²) in [7, 11) is 0. The monoisotopic (exact) mass is 170 g/mol. The molecule has 1 aromatic heterocycles. The molecule has 0 radical (unpaired) electrons. The van der Waals surface area contributed by atoms with Crippen molar-refractivity contribution >= 4 is 5.91 Å². The van der Waals surface area contributed by atoms with E-state index < -0.39 is 11.9 Å². The van der Waals surface area contributed by atoms with Gasteiger partial charge in [-0.3, -0.25) is 14.7 Å². The number of hydrogen-bond donors (Lipinski definition) is 3. The maximum atomic E-state index is 10.7. The number of aromatic nitrogens is 2. The molecule has 0 saturated carbocycles. The molecular weight excluding hydrogens is 160 g/mol. The van der Waals surface area contributed by atoms with Crippen LogP contribution in [0.2, 0.25) is 0 Å². The summed E-state index contributed by atoms with van der Waals surface area (Å²) in [5.41, 5.74) is 6.86. The number of carbonyl (C=O) groups is 1. The predicted molar refractivity (Wildman–Crippen MR) is 40.1 cm³/mol. The molecule has 0 aliphatic carbocycles. The third-order valence-corrected chi connectivity index (χ3v) is 1.39. The van der Waals surface area contributed by atoms with Gasteiger partial charge in [-0.05, 0) is 6.07 Å². The molecular formula is C6H10N4O2. The highest BCUT2D eigenvalue weighted by Crippen LogP contribution is 1.88. The lowest BCUT2D eigenvalue weighted by molar-refractivity contribution is -0.130. The smallest absolute Gasteiger partial charge is 0.262 e. The van der Waals surface area contributed by atoms with Crippen LogP contribution in [0.5, 0.6) is 0 Å². The van der Waals surface area contributed by atoms with Crippen molar-refractivity contribution < 1.29 is 10.0 Å². The Morgan fingerprint density at radius 3 is 3.08 bits per heavy atom. The summed E-state index contributed by atoms with van der Waals surface area (Å²) < 4.78 is 1.51. The maximum Gasteiger partial charge on any atom is 0.262 e. The van der Waals surface area contributed by atoms with E-state index in [0.717, 1.165) is 0 Å². The Balaban J connectivity index is 2.47. The first kappa shape index (κ1) is 8.69. The number of nitrogens with one attached hydrogen (secondary N) is 1. The summed E-state index contributed by atoms with van der Waals surface area (Å²) in [4.78, 5) is 10.7. The van der Waals surface area contributed by atoms with Crippen molar-refractivity contribution in [1.82, 2.24) is 15.3 Å². The van der Waals surface area contributed by atoms with E-state index in [2.05, 4.69) is 5.10 Å². The van der Waals surface area contributed by atoms with Crippen molar-refractivity contribution in [3.8, 4) is 0 Å². The number of nitrogens with two attached hydrogens (primary N) is 1. The standard InChI is InChI=1S/C6H10N4O2/c7-5(6(11)9-12)4-10-3-1-2-8-10/h1-3,5,12H,4,7H2,(H,9,11)/t5-/m0/s1. The van der Waals surface area contributed by atoms with Crippen LogP contribution in [0, 0.1) is 0 Å².